The lowest BCUT2D eigenvalue weighted by Gasteiger charge is -2.40. The normalized spacial score (nSPS) is 16.6. The molecule has 3 rings (SSSR count). The SMILES string of the molecule is COC(=O)c1cccc(C(F)(F)F)c1OCC[N+]1(Cc2ccccc2)CCCCCCC1. The van der Waals surface area contributed by atoms with E-state index in [0.29, 0.717) is 6.54 Å². The summed E-state index contributed by atoms with van der Waals surface area (Å²) in [6.07, 6.45) is 1.09. The summed E-state index contributed by atoms with van der Waals surface area (Å²) in [5, 5.41) is 0. The van der Waals surface area contributed by atoms with Crippen molar-refractivity contribution >= 4 is 5.97 Å². The number of carbonyl (C=O) groups excluding carboxylic acids is 1. The fourth-order valence-electron chi connectivity index (χ4n) is 4.50. The Morgan fingerprint density at radius 2 is 1.59 bits per heavy atom. The largest absolute Gasteiger partial charge is 0.486 e. The molecular weight excluding hydrogens is 419 g/mol. The summed E-state index contributed by atoms with van der Waals surface area (Å²) in [6.45, 7) is 3.40. The van der Waals surface area contributed by atoms with Crippen molar-refractivity contribution in [3.8, 4) is 5.75 Å². The topological polar surface area (TPSA) is 35.5 Å². The Morgan fingerprint density at radius 3 is 2.22 bits per heavy atom. The summed E-state index contributed by atoms with van der Waals surface area (Å²) in [7, 11) is 1.15. The van der Waals surface area contributed by atoms with Gasteiger partial charge in [-0.05, 0) is 37.8 Å². The van der Waals surface area contributed by atoms with Gasteiger partial charge in [-0.3, -0.25) is 0 Å². The quantitative estimate of drug-likeness (QED) is 0.392. The molecule has 1 fully saturated rings. The van der Waals surface area contributed by atoms with E-state index in [0.717, 1.165) is 50.1 Å². The molecule has 0 spiro atoms. The van der Waals surface area contributed by atoms with Gasteiger partial charge in [-0.2, -0.15) is 13.2 Å². The van der Waals surface area contributed by atoms with Crippen LogP contribution in [0.5, 0.6) is 5.75 Å². The van der Waals surface area contributed by atoms with E-state index in [1.807, 2.05) is 18.2 Å². The monoisotopic (exact) mass is 450 g/mol. The summed E-state index contributed by atoms with van der Waals surface area (Å²) in [4.78, 5) is 12.1. The maximum Gasteiger partial charge on any atom is 0.419 e. The van der Waals surface area contributed by atoms with Crippen molar-refractivity contribution in [1.82, 2.24) is 0 Å². The fourth-order valence-corrected chi connectivity index (χ4v) is 4.50. The van der Waals surface area contributed by atoms with Gasteiger partial charge in [0.1, 0.15) is 31.0 Å². The Labute approximate surface area is 187 Å². The van der Waals surface area contributed by atoms with E-state index in [4.69, 9.17) is 4.74 Å². The zero-order valence-corrected chi connectivity index (χ0v) is 18.5. The molecule has 0 bridgehead atoms. The van der Waals surface area contributed by atoms with Gasteiger partial charge < -0.3 is 14.0 Å². The van der Waals surface area contributed by atoms with Crippen molar-refractivity contribution in [3.05, 3.63) is 65.2 Å². The smallest absolute Gasteiger partial charge is 0.419 e. The maximum atomic E-state index is 13.6. The van der Waals surface area contributed by atoms with Crippen LogP contribution in [0.1, 0.15) is 53.6 Å². The standard InChI is InChI=1S/C25H31F3NO3/c1-31-24(30)21-13-10-14-22(25(26,27)28)23(21)32-18-17-29(15-8-3-2-4-9-16-29)19-20-11-6-5-7-12-20/h5-7,10-14H,2-4,8-9,15-19H2,1H3/q+1. The maximum absolute atomic E-state index is 13.6. The highest BCUT2D eigenvalue weighted by atomic mass is 19.4. The van der Waals surface area contributed by atoms with Crippen LogP contribution in [0.3, 0.4) is 0 Å². The molecule has 1 heterocycles. The van der Waals surface area contributed by atoms with Crippen LogP contribution >= 0.6 is 0 Å². The van der Waals surface area contributed by atoms with E-state index in [-0.39, 0.29) is 12.2 Å². The number of quaternary nitrogens is 1. The van der Waals surface area contributed by atoms with Gasteiger partial charge in [0.05, 0.1) is 25.8 Å². The molecule has 0 aliphatic carbocycles. The minimum atomic E-state index is -4.63. The third-order valence-electron chi connectivity index (χ3n) is 6.16. The summed E-state index contributed by atoms with van der Waals surface area (Å²) in [5.74, 6) is -1.29. The first-order chi connectivity index (χ1) is 15.3. The van der Waals surface area contributed by atoms with Crippen molar-refractivity contribution in [3.63, 3.8) is 0 Å². The van der Waals surface area contributed by atoms with E-state index in [1.165, 1.54) is 37.0 Å². The minimum Gasteiger partial charge on any atom is -0.486 e. The number of ether oxygens (including phenoxy) is 2. The Kier molecular flexibility index (Phi) is 8.18. The number of nitrogens with zero attached hydrogens (tertiary/aromatic N) is 1. The van der Waals surface area contributed by atoms with Crippen LogP contribution in [0, 0.1) is 0 Å². The molecule has 0 unspecified atom stereocenters. The van der Waals surface area contributed by atoms with Crippen molar-refractivity contribution in [2.45, 2.75) is 44.8 Å². The van der Waals surface area contributed by atoms with Crippen LogP contribution in [0.25, 0.3) is 0 Å². The zero-order valence-electron chi connectivity index (χ0n) is 18.5. The fraction of sp³-hybridized carbons (Fsp3) is 0.480. The number of alkyl halides is 3. The molecule has 2 aromatic rings. The van der Waals surface area contributed by atoms with Crippen LogP contribution in [0.4, 0.5) is 13.2 Å². The number of benzene rings is 2. The molecule has 1 saturated heterocycles. The Bertz CT molecular complexity index is 876. The summed E-state index contributed by atoms with van der Waals surface area (Å²) in [6, 6.07) is 13.6. The molecule has 1 aliphatic heterocycles. The van der Waals surface area contributed by atoms with E-state index in [1.54, 1.807) is 0 Å². The van der Waals surface area contributed by atoms with Crippen LogP contribution < -0.4 is 4.74 Å². The lowest BCUT2D eigenvalue weighted by molar-refractivity contribution is -0.941. The van der Waals surface area contributed by atoms with Crippen LogP contribution in [-0.2, 0) is 17.5 Å². The second kappa shape index (κ2) is 10.9. The molecule has 0 saturated carbocycles. The number of rotatable bonds is 7. The molecule has 2 aromatic carbocycles. The highest BCUT2D eigenvalue weighted by Crippen LogP contribution is 2.38. The predicted molar refractivity (Wildman–Crippen MR) is 116 cm³/mol. The number of para-hydroxylation sites is 1. The van der Waals surface area contributed by atoms with Crippen molar-refractivity contribution in [2.24, 2.45) is 0 Å². The van der Waals surface area contributed by atoms with Gasteiger partial charge in [0.2, 0.25) is 0 Å². The van der Waals surface area contributed by atoms with Gasteiger partial charge in [-0.15, -0.1) is 0 Å². The van der Waals surface area contributed by atoms with Crippen LogP contribution in [-0.4, -0.2) is 43.8 Å². The van der Waals surface area contributed by atoms with E-state index >= 15 is 0 Å². The lowest BCUT2D eigenvalue weighted by atomic mass is 10.0. The number of hydrogen-bond acceptors (Lipinski definition) is 3. The van der Waals surface area contributed by atoms with Crippen molar-refractivity contribution in [2.75, 3.05) is 33.4 Å². The van der Waals surface area contributed by atoms with Crippen molar-refractivity contribution < 1.29 is 31.9 Å². The number of likely N-dealkylation sites (tertiary alicyclic amines) is 1. The molecule has 0 N–H and O–H groups in total. The lowest BCUT2D eigenvalue weighted by Crippen LogP contribution is -2.51. The highest BCUT2D eigenvalue weighted by molar-refractivity contribution is 5.93. The van der Waals surface area contributed by atoms with Crippen LogP contribution in [0.2, 0.25) is 0 Å². The van der Waals surface area contributed by atoms with E-state index in [9.17, 15) is 18.0 Å². The number of esters is 1. The van der Waals surface area contributed by atoms with Gasteiger partial charge in [0, 0.05) is 5.56 Å². The Balaban J connectivity index is 1.83. The second-order valence-electron chi connectivity index (χ2n) is 8.44. The van der Waals surface area contributed by atoms with E-state index < -0.39 is 23.5 Å². The molecule has 4 nitrogen and oxygen atoms in total. The number of methoxy groups -OCH3 is 1. The molecule has 0 amide bonds. The Hall–Kier alpha value is -2.54. The molecule has 0 aromatic heterocycles. The molecule has 1 aliphatic rings. The number of halogens is 3. The van der Waals surface area contributed by atoms with Crippen LogP contribution in [0.15, 0.2) is 48.5 Å². The number of carbonyl (C=O) groups is 1. The molecule has 7 heteroatoms. The molecule has 32 heavy (non-hydrogen) atoms. The van der Waals surface area contributed by atoms with Gasteiger partial charge in [0.15, 0.2) is 0 Å². The number of hydrogen-bond donors (Lipinski definition) is 0. The van der Waals surface area contributed by atoms with Gasteiger partial charge in [0.25, 0.3) is 0 Å². The first-order valence-electron chi connectivity index (χ1n) is 11.1. The second-order valence-corrected chi connectivity index (χ2v) is 8.44. The average Bonchev–Trinajstić information content (AvgIpc) is 2.76. The summed E-state index contributed by atoms with van der Waals surface area (Å²) < 4.78 is 52.0. The summed E-state index contributed by atoms with van der Waals surface area (Å²) >= 11 is 0. The Morgan fingerprint density at radius 1 is 0.938 bits per heavy atom. The predicted octanol–water partition coefficient (Wildman–Crippen LogP) is 5.85. The first-order valence-corrected chi connectivity index (χ1v) is 11.1. The molecular formula is C25H31F3NO3+. The molecule has 0 radical (unpaired) electrons. The third kappa shape index (κ3) is 6.25. The molecule has 174 valence electrons. The van der Waals surface area contributed by atoms with Crippen molar-refractivity contribution in [1.29, 1.82) is 0 Å². The summed E-state index contributed by atoms with van der Waals surface area (Å²) in [5.41, 5.74) is 0.0475. The van der Waals surface area contributed by atoms with Gasteiger partial charge >= 0.3 is 12.1 Å². The van der Waals surface area contributed by atoms with Gasteiger partial charge in [-0.25, -0.2) is 4.79 Å². The average molecular weight is 451 g/mol. The van der Waals surface area contributed by atoms with E-state index in [2.05, 4.69) is 16.9 Å². The third-order valence-corrected chi connectivity index (χ3v) is 6.16. The zero-order chi connectivity index (χ0) is 23.0. The molecule has 0 atom stereocenters. The highest BCUT2D eigenvalue weighted by Gasteiger charge is 2.37. The first kappa shape index (κ1) is 24.1. The minimum absolute atomic E-state index is 0.0872. The van der Waals surface area contributed by atoms with Gasteiger partial charge in [-0.1, -0.05) is 42.8 Å².